The molecule has 0 bridgehead atoms. The lowest BCUT2D eigenvalue weighted by molar-refractivity contribution is -0.117. The second-order valence-electron chi connectivity index (χ2n) is 4.56. The first-order valence-electron chi connectivity index (χ1n) is 6.99. The van der Waals surface area contributed by atoms with E-state index in [1.165, 1.54) is 0 Å². The molecule has 20 heavy (non-hydrogen) atoms. The Labute approximate surface area is 120 Å². The van der Waals surface area contributed by atoms with Gasteiger partial charge >= 0.3 is 0 Å². The van der Waals surface area contributed by atoms with Crippen molar-refractivity contribution >= 4 is 17.5 Å². The van der Waals surface area contributed by atoms with E-state index in [0.717, 1.165) is 0 Å². The molecule has 5 heteroatoms. The lowest BCUT2D eigenvalue weighted by Crippen LogP contribution is -2.35. The molecular formula is C15H23N3O2. The minimum Gasteiger partial charge on any atom is -0.339 e. The van der Waals surface area contributed by atoms with Gasteiger partial charge in [0, 0.05) is 24.3 Å². The number of rotatable bonds is 6. The Morgan fingerprint density at radius 3 is 2.45 bits per heavy atom. The summed E-state index contributed by atoms with van der Waals surface area (Å²) in [6, 6.07) is 6.40. The predicted octanol–water partition coefficient (Wildman–Crippen LogP) is 1.84. The molecule has 3 N–H and O–H groups in total. The Morgan fingerprint density at radius 1 is 1.25 bits per heavy atom. The van der Waals surface area contributed by atoms with Crippen molar-refractivity contribution in [1.29, 1.82) is 0 Å². The number of nitrogens with two attached hydrogens (primary N) is 1. The van der Waals surface area contributed by atoms with Crippen LogP contribution in [0.3, 0.4) is 0 Å². The van der Waals surface area contributed by atoms with Crippen LogP contribution in [-0.2, 0) is 4.79 Å². The first kappa shape index (κ1) is 16.2. The monoisotopic (exact) mass is 277 g/mol. The maximum absolute atomic E-state index is 12.2. The Balaban J connectivity index is 2.85. The first-order valence-corrected chi connectivity index (χ1v) is 6.99. The number of nitrogens with zero attached hydrogens (tertiary/aromatic N) is 1. The van der Waals surface area contributed by atoms with Gasteiger partial charge in [-0.25, -0.2) is 0 Å². The van der Waals surface area contributed by atoms with Crippen LogP contribution in [0, 0.1) is 0 Å². The molecule has 2 amide bonds. The van der Waals surface area contributed by atoms with Gasteiger partial charge in [-0.2, -0.15) is 0 Å². The highest BCUT2D eigenvalue weighted by molar-refractivity contribution is 5.98. The van der Waals surface area contributed by atoms with E-state index in [2.05, 4.69) is 5.32 Å². The molecule has 0 spiro atoms. The van der Waals surface area contributed by atoms with Gasteiger partial charge in [0.25, 0.3) is 5.91 Å². The quantitative estimate of drug-likeness (QED) is 0.833. The van der Waals surface area contributed by atoms with Gasteiger partial charge in [0.15, 0.2) is 0 Å². The fraction of sp³-hybridized carbons (Fsp3) is 0.467. The van der Waals surface area contributed by atoms with Crippen LogP contribution in [0.2, 0.25) is 0 Å². The van der Waals surface area contributed by atoms with Crippen LogP contribution >= 0.6 is 0 Å². The van der Waals surface area contributed by atoms with E-state index in [9.17, 15) is 9.59 Å². The zero-order chi connectivity index (χ0) is 15.1. The topological polar surface area (TPSA) is 75.4 Å². The predicted molar refractivity (Wildman–Crippen MR) is 80.6 cm³/mol. The van der Waals surface area contributed by atoms with Crippen LogP contribution in [0.5, 0.6) is 0 Å². The molecule has 0 heterocycles. The molecule has 0 unspecified atom stereocenters. The van der Waals surface area contributed by atoms with Gasteiger partial charge in [-0.1, -0.05) is 13.0 Å². The van der Waals surface area contributed by atoms with Crippen LogP contribution in [0.4, 0.5) is 5.69 Å². The van der Waals surface area contributed by atoms with Crippen molar-refractivity contribution in [3.05, 3.63) is 29.8 Å². The molecule has 1 aromatic rings. The number of hydrogen-bond acceptors (Lipinski definition) is 3. The second-order valence-corrected chi connectivity index (χ2v) is 4.56. The number of hydrogen-bond donors (Lipinski definition) is 2. The normalized spacial score (nSPS) is 11.8. The average molecular weight is 277 g/mol. The molecule has 5 nitrogen and oxygen atoms in total. The molecule has 0 aliphatic heterocycles. The summed E-state index contributed by atoms with van der Waals surface area (Å²) in [6.45, 7) is 7.05. The Hall–Kier alpha value is -1.88. The molecule has 110 valence electrons. The van der Waals surface area contributed by atoms with Crippen LogP contribution in [-0.4, -0.2) is 35.8 Å². The van der Waals surface area contributed by atoms with Crippen molar-refractivity contribution in [3.63, 3.8) is 0 Å². The highest BCUT2D eigenvalue weighted by atomic mass is 16.2. The summed E-state index contributed by atoms with van der Waals surface area (Å²) in [5, 5.41) is 2.73. The molecule has 1 rings (SSSR count). The van der Waals surface area contributed by atoms with Crippen molar-refractivity contribution in [1.82, 2.24) is 4.90 Å². The summed E-state index contributed by atoms with van der Waals surface area (Å²) in [5.74, 6) is -0.272. The summed E-state index contributed by atoms with van der Waals surface area (Å²) in [5.41, 5.74) is 6.83. The molecule has 0 aliphatic carbocycles. The number of anilines is 1. The van der Waals surface area contributed by atoms with Crippen molar-refractivity contribution in [2.24, 2.45) is 5.73 Å². The summed E-state index contributed by atoms with van der Waals surface area (Å²) in [6.07, 6.45) is 0.573. The Kier molecular flexibility index (Phi) is 6.18. The summed E-state index contributed by atoms with van der Waals surface area (Å²) < 4.78 is 0. The molecular weight excluding hydrogens is 254 g/mol. The molecule has 0 saturated heterocycles. The van der Waals surface area contributed by atoms with Gasteiger partial charge in [-0.15, -0.1) is 0 Å². The van der Waals surface area contributed by atoms with Gasteiger partial charge in [0.2, 0.25) is 5.91 Å². The van der Waals surface area contributed by atoms with E-state index in [0.29, 0.717) is 30.8 Å². The molecule has 0 aromatic heterocycles. The highest BCUT2D eigenvalue weighted by Gasteiger charge is 2.14. The van der Waals surface area contributed by atoms with Gasteiger partial charge < -0.3 is 16.0 Å². The SMILES string of the molecule is CC[C@H](N)C(=O)Nc1cccc(C(=O)N(CC)CC)c1. The fourth-order valence-corrected chi connectivity index (χ4v) is 1.84. The number of carbonyl (C=O) groups is 2. The molecule has 0 radical (unpaired) electrons. The Morgan fingerprint density at radius 2 is 1.90 bits per heavy atom. The van der Waals surface area contributed by atoms with E-state index in [-0.39, 0.29) is 11.8 Å². The van der Waals surface area contributed by atoms with Gasteiger partial charge in [0.05, 0.1) is 6.04 Å². The second kappa shape index (κ2) is 7.65. The molecule has 0 saturated carbocycles. The lowest BCUT2D eigenvalue weighted by Gasteiger charge is -2.19. The third-order valence-electron chi connectivity index (χ3n) is 3.20. The summed E-state index contributed by atoms with van der Waals surface area (Å²) in [4.78, 5) is 25.7. The first-order chi connectivity index (χ1) is 9.53. The summed E-state index contributed by atoms with van der Waals surface area (Å²) in [7, 11) is 0. The van der Waals surface area contributed by atoms with E-state index >= 15 is 0 Å². The van der Waals surface area contributed by atoms with E-state index in [1.54, 1.807) is 29.2 Å². The highest BCUT2D eigenvalue weighted by Crippen LogP contribution is 2.13. The van der Waals surface area contributed by atoms with Crippen molar-refractivity contribution in [2.75, 3.05) is 18.4 Å². The number of amides is 2. The zero-order valence-electron chi connectivity index (χ0n) is 12.3. The maximum Gasteiger partial charge on any atom is 0.253 e. The standard InChI is InChI=1S/C15H23N3O2/c1-4-13(16)14(19)17-12-9-7-8-11(10-12)15(20)18(5-2)6-3/h7-10,13H,4-6,16H2,1-3H3,(H,17,19)/t13-/m0/s1. The lowest BCUT2D eigenvalue weighted by atomic mass is 10.1. The number of benzene rings is 1. The summed E-state index contributed by atoms with van der Waals surface area (Å²) >= 11 is 0. The number of carbonyl (C=O) groups excluding carboxylic acids is 2. The molecule has 1 aromatic carbocycles. The van der Waals surface area contributed by atoms with Crippen LogP contribution in [0.15, 0.2) is 24.3 Å². The maximum atomic E-state index is 12.2. The van der Waals surface area contributed by atoms with Crippen LogP contribution in [0.1, 0.15) is 37.6 Å². The fourth-order valence-electron chi connectivity index (χ4n) is 1.84. The number of nitrogens with one attached hydrogen (secondary N) is 1. The molecule has 0 aliphatic rings. The van der Waals surface area contributed by atoms with E-state index < -0.39 is 6.04 Å². The van der Waals surface area contributed by atoms with Crippen LogP contribution < -0.4 is 11.1 Å². The smallest absolute Gasteiger partial charge is 0.253 e. The minimum atomic E-state index is -0.530. The Bertz CT molecular complexity index is 470. The average Bonchev–Trinajstić information content (AvgIpc) is 2.47. The van der Waals surface area contributed by atoms with Crippen molar-refractivity contribution in [3.8, 4) is 0 Å². The molecule has 1 atom stereocenters. The van der Waals surface area contributed by atoms with Gasteiger partial charge in [0.1, 0.15) is 0 Å². The van der Waals surface area contributed by atoms with Gasteiger partial charge in [-0.3, -0.25) is 9.59 Å². The minimum absolute atomic E-state index is 0.0362. The van der Waals surface area contributed by atoms with Gasteiger partial charge in [-0.05, 0) is 38.5 Å². The van der Waals surface area contributed by atoms with E-state index in [4.69, 9.17) is 5.73 Å². The third-order valence-corrected chi connectivity index (χ3v) is 3.20. The zero-order valence-corrected chi connectivity index (χ0v) is 12.3. The largest absolute Gasteiger partial charge is 0.339 e. The van der Waals surface area contributed by atoms with Crippen molar-refractivity contribution in [2.45, 2.75) is 33.2 Å². The molecule has 0 fully saturated rings. The van der Waals surface area contributed by atoms with Crippen LogP contribution in [0.25, 0.3) is 0 Å². The van der Waals surface area contributed by atoms with Crippen molar-refractivity contribution < 1.29 is 9.59 Å². The van der Waals surface area contributed by atoms with E-state index in [1.807, 2.05) is 20.8 Å². The third kappa shape index (κ3) is 4.06.